The van der Waals surface area contributed by atoms with E-state index in [0.717, 1.165) is 25.7 Å². The molecule has 0 aliphatic heterocycles. The summed E-state index contributed by atoms with van der Waals surface area (Å²) in [4.78, 5) is 14.1. The van der Waals surface area contributed by atoms with Crippen LogP contribution in [-0.4, -0.2) is 45.4 Å². The predicted octanol–water partition coefficient (Wildman–Crippen LogP) is 2.63. The molecule has 0 radical (unpaired) electrons. The average Bonchev–Trinajstić information content (AvgIpc) is 3.10. The lowest BCUT2D eigenvalue weighted by Crippen LogP contribution is -2.38. The minimum absolute atomic E-state index is 0.0981. The summed E-state index contributed by atoms with van der Waals surface area (Å²) in [6.07, 6.45) is 6.70. The molecule has 0 bridgehead atoms. The average molecular weight is 331 g/mol. The Morgan fingerprint density at radius 3 is 2.88 bits per heavy atom. The fraction of sp³-hybridized carbons (Fsp3) is 0.444. The van der Waals surface area contributed by atoms with Gasteiger partial charge in [0.05, 0.1) is 6.10 Å². The minimum Gasteiger partial charge on any atom is -0.393 e. The van der Waals surface area contributed by atoms with Crippen LogP contribution in [-0.2, 0) is 0 Å². The zero-order valence-corrected chi connectivity index (χ0v) is 13.7. The molecule has 3 rings (SSSR count). The number of aliphatic hydroxyl groups is 1. The van der Waals surface area contributed by atoms with Gasteiger partial charge < -0.3 is 10.0 Å². The van der Waals surface area contributed by atoms with Gasteiger partial charge in [-0.2, -0.15) is 5.10 Å². The third-order valence-electron chi connectivity index (χ3n) is 4.67. The Kier molecular flexibility index (Phi) is 4.94. The zero-order valence-electron chi connectivity index (χ0n) is 13.7. The number of hydrogen-bond acceptors (Lipinski definition) is 3. The highest BCUT2D eigenvalue weighted by atomic mass is 19.1. The van der Waals surface area contributed by atoms with Gasteiger partial charge >= 0.3 is 0 Å². The highest BCUT2D eigenvalue weighted by molar-refractivity contribution is 5.94. The molecule has 24 heavy (non-hydrogen) atoms. The lowest BCUT2D eigenvalue weighted by molar-refractivity contribution is 0.0451. The molecule has 1 aliphatic carbocycles. The molecule has 128 valence electrons. The number of aromatic nitrogens is 2. The van der Waals surface area contributed by atoms with E-state index in [1.54, 1.807) is 42.5 Å². The summed E-state index contributed by atoms with van der Waals surface area (Å²) in [5, 5.41) is 14.0. The van der Waals surface area contributed by atoms with E-state index < -0.39 is 5.82 Å². The van der Waals surface area contributed by atoms with Gasteiger partial charge in [0.2, 0.25) is 0 Å². The predicted molar refractivity (Wildman–Crippen MR) is 88.4 cm³/mol. The number of amides is 1. The number of benzene rings is 1. The molecule has 1 fully saturated rings. The Morgan fingerprint density at radius 2 is 2.21 bits per heavy atom. The highest BCUT2D eigenvalue weighted by Crippen LogP contribution is 2.25. The van der Waals surface area contributed by atoms with Crippen LogP contribution in [0.5, 0.6) is 0 Å². The second kappa shape index (κ2) is 7.13. The summed E-state index contributed by atoms with van der Waals surface area (Å²) >= 11 is 0. The fourth-order valence-electron chi connectivity index (χ4n) is 3.29. The van der Waals surface area contributed by atoms with Crippen LogP contribution in [0.4, 0.5) is 4.39 Å². The van der Waals surface area contributed by atoms with Crippen molar-refractivity contribution in [3.05, 3.63) is 48.0 Å². The number of hydrogen-bond donors (Lipinski definition) is 1. The monoisotopic (exact) mass is 331 g/mol. The van der Waals surface area contributed by atoms with Crippen molar-refractivity contribution < 1.29 is 14.3 Å². The van der Waals surface area contributed by atoms with Crippen molar-refractivity contribution >= 4 is 5.91 Å². The van der Waals surface area contributed by atoms with Gasteiger partial charge in [0.15, 0.2) is 0 Å². The third-order valence-corrected chi connectivity index (χ3v) is 4.67. The standard InChI is InChI=1S/C18H22FN3O2/c1-21(12-14-5-2-3-6-17(14)23)18(24)13-7-8-16(15(19)11-13)22-10-4-9-20-22/h4,7-11,14,17,23H,2-3,5-6,12H2,1H3. The number of carbonyl (C=O) groups excluding carboxylic acids is 1. The van der Waals surface area contributed by atoms with E-state index in [1.807, 2.05) is 0 Å². The number of aliphatic hydroxyl groups excluding tert-OH is 1. The summed E-state index contributed by atoms with van der Waals surface area (Å²) < 4.78 is 15.7. The van der Waals surface area contributed by atoms with Crippen LogP contribution in [0.15, 0.2) is 36.7 Å². The Balaban J connectivity index is 1.71. The van der Waals surface area contributed by atoms with Gasteiger partial charge in [0, 0.05) is 37.5 Å². The van der Waals surface area contributed by atoms with Gasteiger partial charge in [-0.1, -0.05) is 12.8 Å². The van der Waals surface area contributed by atoms with Crippen molar-refractivity contribution in [2.75, 3.05) is 13.6 Å². The van der Waals surface area contributed by atoms with Crippen molar-refractivity contribution in [2.24, 2.45) is 5.92 Å². The van der Waals surface area contributed by atoms with E-state index in [2.05, 4.69) is 5.10 Å². The molecule has 2 unspecified atom stereocenters. The molecular formula is C18H22FN3O2. The van der Waals surface area contributed by atoms with E-state index >= 15 is 0 Å². The Hall–Kier alpha value is -2.21. The molecule has 1 aliphatic rings. The lowest BCUT2D eigenvalue weighted by Gasteiger charge is -2.31. The van der Waals surface area contributed by atoms with E-state index in [9.17, 15) is 14.3 Å². The topological polar surface area (TPSA) is 58.4 Å². The number of nitrogens with zero attached hydrogens (tertiary/aromatic N) is 3. The molecule has 6 heteroatoms. The Morgan fingerprint density at radius 1 is 1.42 bits per heavy atom. The molecule has 1 amide bonds. The smallest absolute Gasteiger partial charge is 0.253 e. The van der Waals surface area contributed by atoms with Gasteiger partial charge in [0.25, 0.3) is 5.91 Å². The molecule has 1 N–H and O–H groups in total. The second-order valence-electron chi connectivity index (χ2n) is 6.41. The fourth-order valence-corrected chi connectivity index (χ4v) is 3.29. The van der Waals surface area contributed by atoms with Crippen molar-refractivity contribution in [1.82, 2.24) is 14.7 Å². The first-order chi connectivity index (χ1) is 11.6. The first-order valence-electron chi connectivity index (χ1n) is 8.29. The van der Waals surface area contributed by atoms with Crippen molar-refractivity contribution in [2.45, 2.75) is 31.8 Å². The molecule has 0 spiro atoms. The molecule has 0 saturated heterocycles. The Labute approximate surface area is 140 Å². The zero-order chi connectivity index (χ0) is 17.1. The summed E-state index contributed by atoms with van der Waals surface area (Å²) in [5.74, 6) is -0.629. The van der Waals surface area contributed by atoms with Crippen LogP contribution < -0.4 is 0 Å². The number of halogens is 1. The van der Waals surface area contributed by atoms with E-state index in [0.29, 0.717) is 17.8 Å². The first-order valence-corrected chi connectivity index (χ1v) is 8.29. The highest BCUT2D eigenvalue weighted by Gasteiger charge is 2.26. The summed E-state index contributed by atoms with van der Waals surface area (Å²) in [6, 6.07) is 6.12. The van der Waals surface area contributed by atoms with Crippen LogP contribution in [0, 0.1) is 11.7 Å². The second-order valence-corrected chi connectivity index (χ2v) is 6.41. The number of carbonyl (C=O) groups is 1. The molecule has 1 aromatic heterocycles. The van der Waals surface area contributed by atoms with Crippen LogP contribution in [0.25, 0.3) is 5.69 Å². The molecule has 5 nitrogen and oxygen atoms in total. The molecule has 2 atom stereocenters. The van der Waals surface area contributed by atoms with Crippen LogP contribution in [0.1, 0.15) is 36.0 Å². The van der Waals surface area contributed by atoms with Crippen LogP contribution in [0.2, 0.25) is 0 Å². The van der Waals surface area contributed by atoms with Crippen molar-refractivity contribution in [1.29, 1.82) is 0 Å². The van der Waals surface area contributed by atoms with Gasteiger partial charge in [0.1, 0.15) is 11.5 Å². The molecular weight excluding hydrogens is 309 g/mol. The number of rotatable bonds is 4. The van der Waals surface area contributed by atoms with Crippen LogP contribution >= 0.6 is 0 Å². The normalized spacial score (nSPS) is 20.8. The summed E-state index contributed by atoms with van der Waals surface area (Å²) in [6.45, 7) is 0.489. The first kappa shape index (κ1) is 16.6. The van der Waals surface area contributed by atoms with Crippen molar-refractivity contribution in [3.8, 4) is 5.69 Å². The van der Waals surface area contributed by atoms with E-state index in [1.165, 1.54) is 10.7 Å². The minimum atomic E-state index is -0.490. The molecule has 2 aromatic rings. The largest absolute Gasteiger partial charge is 0.393 e. The van der Waals surface area contributed by atoms with Gasteiger partial charge in [-0.25, -0.2) is 9.07 Å². The summed E-state index contributed by atoms with van der Waals surface area (Å²) in [5.41, 5.74) is 0.609. The van der Waals surface area contributed by atoms with E-state index in [-0.39, 0.29) is 17.9 Å². The molecule has 1 heterocycles. The molecule has 1 saturated carbocycles. The maximum atomic E-state index is 14.3. The maximum absolute atomic E-state index is 14.3. The van der Waals surface area contributed by atoms with Crippen molar-refractivity contribution in [3.63, 3.8) is 0 Å². The maximum Gasteiger partial charge on any atom is 0.253 e. The van der Waals surface area contributed by atoms with E-state index in [4.69, 9.17) is 0 Å². The van der Waals surface area contributed by atoms with Gasteiger partial charge in [-0.3, -0.25) is 4.79 Å². The van der Waals surface area contributed by atoms with Gasteiger partial charge in [-0.05, 0) is 37.1 Å². The lowest BCUT2D eigenvalue weighted by atomic mass is 9.86. The van der Waals surface area contributed by atoms with Crippen LogP contribution in [0.3, 0.4) is 0 Å². The quantitative estimate of drug-likeness (QED) is 0.937. The SMILES string of the molecule is CN(CC1CCCCC1O)C(=O)c1ccc(-n2cccn2)c(F)c1. The Bertz CT molecular complexity index is 702. The molecule has 1 aromatic carbocycles. The third kappa shape index (κ3) is 3.48. The summed E-state index contributed by atoms with van der Waals surface area (Å²) in [7, 11) is 1.70. The van der Waals surface area contributed by atoms with Gasteiger partial charge in [-0.15, -0.1) is 0 Å².